The highest BCUT2D eigenvalue weighted by Crippen LogP contribution is 2.54. The van der Waals surface area contributed by atoms with Gasteiger partial charge in [-0.15, -0.1) is 0 Å². The molecule has 2 saturated heterocycles. The molecular formula is C24H23ClN4O4. The van der Waals surface area contributed by atoms with Gasteiger partial charge in [0.25, 0.3) is 0 Å². The molecule has 0 aromatic heterocycles. The molecule has 8 nitrogen and oxygen atoms in total. The number of benzene rings is 2. The van der Waals surface area contributed by atoms with Crippen LogP contribution >= 0.6 is 11.6 Å². The number of aryl methyl sites for hydroxylation is 1. The van der Waals surface area contributed by atoms with Crippen molar-refractivity contribution in [3.8, 4) is 0 Å². The highest BCUT2D eigenvalue weighted by atomic mass is 35.5. The Balaban J connectivity index is 1.60. The van der Waals surface area contributed by atoms with E-state index in [4.69, 9.17) is 17.3 Å². The van der Waals surface area contributed by atoms with Crippen molar-refractivity contribution in [2.24, 2.45) is 17.6 Å². The molecule has 0 saturated carbocycles. The van der Waals surface area contributed by atoms with E-state index in [1.807, 2.05) is 19.1 Å². The summed E-state index contributed by atoms with van der Waals surface area (Å²) < 4.78 is 0. The first-order valence-electron chi connectivity index (χ1n) is 10.8. The normalized spacial score (nSPS) is 27.8. The Hall–Kier alpha value is -3.23. The van der Waals surface area contributed by atoms with Crippen molar-refractivity contribution < 1.29 is 19.2 Å². The number of hydrogen-bond donors (Lipinski definition) is 3. The van der Waals surface area contributed by atoms with Crippen molar-refractivity contribution >= 4 is 40.9 Å². The first-order valence-corrected chi connectivity index (χ1v) is 11.2. The van der Waals surface area contributed by atoms with E-state index in [0.29, 0.717) is 21.8 Å². The second kappa shape index (κ2) is 7.67. The van der Waals surface area contributed by atoms with Crippen LogP contribution in [0.15, 0.2) is 42.5 Å². The summed E-state index contributed by atoms with van der Waals surface area (Å²) in [6, 6.07) is 12.0. The van der Waals surface area contributed by atoms with E-state index in [9.17, 15) is 19.2 Å². The minimum absolute atomic E-state index is 0.0191. The number of anilines is 1. The summed E-state index contributed by atoms with van der Waals surface area (Å²) in [5, 5.41) is 6.66. The first-order chi connectivity index (χ1) is 15.8. The SMILES string of the molecule is Cc1cccc2c1NC(=O)[C@@]21N[C@H](CCC(N)=O)[C@H]2C(=O)N(Cc3ccccc3Cl)C(=O)[C@H]21. The van der Waals surface area contributed by atoms with Crippen molar-refractivity contribution in [1.29, 1.82) is 0 Å². The maximum Gasteiger partial charge on any atom is 0.250 e. The molecule has 33 heavy (non-hydrogen) atoms. The molecule has 2 aromatic carbocycles. The van der Waals surface area contributed by atoms with Crippen LogP contribution in [0.5, 0.6) is 0 Å². The van der Waals surface area contributed by atoms with E-state index in [-0.39, 0.29) is 31.2 Å². The number of nitrogens with two attached hydrogens (primary N) is 1. The lowest BCUT2D eigenvalue weighted by Crippen LogP contribution is -2.53. The summed E-state index contributed by atoms with van der Waals surface area (Å²) in [5.41, 5.74) is 6.76. The summed E-state index contributed by atoms with van der Waals surface area (Å²) >= 11 is 6.28. The summed E-state index contributed by atoms with van der Waals surface area (Å²) in [6.45, 7) is 1.89. The molecule has 0 bridgehead atoms. The van der Waals surface area contributed by atoms with Gasteiger partial charge in [-0.25, -0.2) is 0 Å². The van der Waals surface area contributed by atoms with E-state index < -0.39 is 35.2 Å². The number of carbonyl (C=O) groups excluding carboxylic acids is 4. The number of halogens is 1. The third-order valence-corrected chi connectivity index (χ3v) is 7.41. The molecule has 4 atom stereocenters. The van der Waals surface area contributed by atoms with Crippen LogP contribution in [-0.4, -0.2) is 34.6 Å². The number of nitrogens with zero attached hydrogens (tertiary/aromatic N) is 1. The number of fused-ring (bicyclic) bond motifs is 4. The van der Waals surface area contributed by atoms with Crippen molar-refractivity contribution in [3.63, 3.8) is 0 Å². The molecule has 3 aliphatic rings. The van der Waals surface area contributed by atoms with Gasteiger partial charge in [-0.2, -0.15) is 0 Å². The average molecular weight is 467 g/mol. The molecule has 1 spiro atoms. The Morgan fingerprint density at radius 2 is 1.88 bits per heavy atom. The molecule has 3 aliphatic heterocycles. The van der Waals surface area contributed by atoms with Gasteiger partial charge in [0, 0.05) is 28.7 Å². The first kappa shape index (κ1) is 21.6. The van der Waals surface area contributed by atoms with E-state index in [0.717, 1.165) is 5.56 Å². The fraction of sp³-hybridized carbons (Fsp3) is 0.333. The summed E-state index contributed by atoms with van der Waals surface area (Å²) in [4.78, 5) is 53.4. The van der Waals surface area contributed by atoms with Crippen LogP contribution in [0.2, 0.25) is 5.02 Å². The molecule has 2 fully saturated rings. The Morgan fingerprint density at radius 3 is 2.61 bits per heavy atom. The lowest BCUT2D eigenvalue weighted by atomic mass is 9.76. The molecule has 170 valence electrons. The van der Waals surface area contributed by atoms with Crippen molar-refractivity contribution in [3.05, 3.63) is 64.2 Å². The fourth-order valence-electron chi connectivity index (χ4n) is 5.53. The molecule has 3 heterocycles. The van der Waals surface area contributed by atoms with Crippen LogP contribution in [0.3, 0.4) is 0 Å². The number of carbonyl (C=O) groups is 4. The number of likely N-dealkylation sites (tertiary alicyclic amines) is 1. The summed E-state index contributed by atoms with van der Waals surface area (Å²) in [5.74, 6) is -3.42. The lowest BCUT2D eigenvalue weighted by molar-refractivity contribution is -0.143. The Kier molecular flexibility index (Phi) is 5.02. The number of hydrogen-bond acceptors (Lipinski definition) is 5. The molecule has 0 aliphatic carbocycles. The zero-order valence-electron chi connectivity index (χ0n) is 17.9. The summed E-state index contributed by atoms with van der Waals surface area (Å²) in [6.07, 6.45) is 0.275. The zero-order valence-corrected chi connectivity index (χ0v) is 18.7. The quantitative estimate of drug-likeness (QED) is 0.580. The Morgan fingerprint density at radius 1 is 1.12 bits per heavy atom. The van der Waals surface area contributed by atoms with Gasteiger partial charge >= 0.3 is 0 Å². The van der Waals surface area contributed by atoms with Crippen molar-refractivity contribution in [2.75, 3.05) is 5.32 Å². The number of imide groups is 1. The topological polar surface area (TPSA) is 122 Å². The van der Waals surface area contributed by atoms with E-state index in [1.54, 1.807) is 30.3 Å². The third kappa shape index (κ3) is 3.08. The monoisotopic (exact) mass is 466 g/mol. The predicted octanol–water partition coefficient (Wildman–Crippen LogP) is 1.83. The number of primary amides is 1. The largest absolute Gasteiger partial charge is 0.370 e. The van der Waals surface area contributed by atoms with Gasteiger partial charge in [0.05, 0.1) is 18.4 Å². The maximum absolute atomic E-state index is 13.7. The van der Waals surface area contributed by atoms with E-state index >= 15 is 0 Å². The molecule has 2 aromatic rings. The smallest absolute Gasteiger partial charge is 0.250 e. The number of rotatable bonds is 5. The van der Waals surface area contributed by atoms with Gasteiger partial charge in [-0.1, -0.05) is 48.0 Å². The highest BCUT2D eigenvalue weighted by Gasteiger charge is 2.70. The summed E-state index contributed by atoms with van der Waals surface area (Å²) in [7, 11) is 0. The highest BCUT2D eigenvalue weighted by molar-refractivity contribution is 6.31. The standard InChI is InChI=1S/C24H23ClN4O4/c1-12-5-4-7-14-20(12)27-23(33)24(14)19-18(16(28-24)9-10-17(26)30)21(31)29(22(19)32)11-13-6-2-3-8-15(13)25/h2-8,16,18-19,28H,9-11H2,1H3,(H2,26,30)(H,27,33)/t16-,18-,19+,24-/m1/s1. The van der Waals surface area contributed by atoms with E-state index in [2.05, 4.69) is 10.6 Å². The number of amides is 4. The second-order valence-electron chi connectivity index (χ2n) is 8.87. The number of para-hydroxylation sites is 1. The minimum Gasteiger partial charge on any atom is -0.370 e. The lowest BCUT2D eigenvalue weighted by Gasteiger charge is -2.29. The Labute approximate surface area is 195 Å². The van der Waals surface area contributed by atoms with Crippen LogP contribution in [-0.2, 0) is 31.3 Å². The van der Waals surface area contributed by atoms with Crippen LogP contribution in [0, 0.1) is 18.8 Å². The average Bonchev–Trinajstić information content (AvgIpc) is 3.35. The second-order valence-corrected chi connectivity index (χ2v) is 9.28. The van der Waals surface area contributed by atoms with Crippen LogP contribution < -0.4 is 16.4 Å². The molecule has 9 heteroatoms. The van der Waals surface area contributed by atoms with E-state index in [1.165, 1.54) is 4.90 Å². The molecule has 4 N–H and O–H groups in total. The van der Waals surface area contributed by atoms with Gasteiger partial charge in [0.1, 0.15) is 5.54 Å². The van der Waals surface area contributed by atoms with Crippen LogP contribution in [0.25, 0.3) is 0 Å². The predicted molar refractivity (Wildman–Crippen MR) is 121 cm³/mol. The zero-order chi connectivity index (χ0) is 23.5. The van der Waals surface area contributed by atoms with Gasteiger partial charge in [0.15, 0.2) is 0 Å². The van der Waals surface area contributed by atoms with Crippen LogP contribution in [0.1, 0.15) is 29.5 Å². The van der Waals surface area contributed by atoms with Gasteiger partial charge in [0.2, 0.25) is 23.6 Å². The third-order valence-electron chi connectivity index (χ3n) is 7.04. The van der Waals surface area contributed by atoms with Gasteiger partial charge in [-0.05, 0) is 30.5 Å². The Bertz CT molecular complexity index is 1210. The molecule has 4 amide bonds. The number of nitrogens with one attached hydrogen (secondary N) is 2. The molecule has 5 rings (SSSR count). The van der Waals surface area contributed by atoms with Gasteiger partial charge in [-0.3, -0.25) is 29.4 Å². The molecular weight excluding hydrogens is 444 g/mol. The minimum atomic E-state index is -1.39. The van der Waals surface area contributed by atoms with Crippen molar-refractivity contribution in [1.82, 2.24) is 10.2 Å². The molecule has 0 unspecified atom stereocenters. The van der Waals surface area contributed by atoms with Gasteiger partial charge < -0.3 is 11.1 Å². The maximum atomic E-state index is 13.7. The molecule has 0 radical (unpaired) electrons. The van der Waals surface area contributed by atoms with Crippen LogP contribution in [0.4, 0.5) is 5.69 Å². The fourth-order valence-corrected chi connectivity index (χ4v) is 5.73. The van der Waals surface area contributed by atoms with Crippen molar-refractivity contribution in [2.45, 2.75) is 37.9 Å².